The average molecular weight is 496 g/mol. The first-order valence-electron chi connectivity index (χ1n) is 8.97. The Bertz CT molecular complexity index is 1120. The van der Waals surface area contributed by atoms with E-state index in [9.17, 15) is 4.79 Å². The van der Waals surface area contributed by atoms with Crippen molar-refractivity contribution < 1.29 is 14.3 Å². The van der Waals surface area contributed by atoms with Gasteiger partial charge in [0.05, 0.1) is 40.5 Å². The Morgan fingerprint density at radius 2 is 1.61 bits per heavy atom. The van der Waals surface area contributed by atoms with Crippen LogP contribution in [0.1, 0.15) is 15.2 Å². The molecule has 0 aliphatic rings. The lowest BCUT2D eigenvalue weighted by atomic mass is 10.1. The normalized spacial score (nSPS) is 10.4. The molecular formula is C21H19Cl2N3O3S2. The number of hydrogen-bond donors (Lipinski definition) is 3. The van der Waals surface area contributed by atoms with Crippen molar-refractivity contribution in [3.05, 3.63) is 62.3 Å². The number of nitrogens with one attached hydrogen (secondary N) is 3. The van der Waals surface area contributed by atoms with Crippen molar-refractivity contribution in [2.75, 3.05) is 30.2 Å². The van der Waals surface area contributed by atoms with E-state index in [1.54, 1.807) is 30.3 Å². The van der Waals surface area contributed by atoms with Crippen LogP contribution in [0.4, 0.5) is 17.1 Å². The highest BCUT2D eigenvalue weighted by Gasteiger charge is 2.14. The summed E-state index contributed by atoms with van der Waals surface area (Å²) >= 11 is 19.4. The number of rotatable bonds is 6. The second-order valence-electron chi connectivity index (χ2n) is 6.34. The van der Waals surface area contributed by atoms with Gasteiger partial charge in [-0.2, -0.15) is 0 Å². The molecule has 3 rings (SSSR count). The van der Waals surface area contributed by atoms with Crippen molar-refractivity contribution in [3.8, 4) is 11.5 Å². The van der Waals surface area contributed by atoms with Gasteiger partial charge in [-0.25, -0.2) is 0 Å². The summed E-state index contributed by atoms with van der Waals surface area (Å²) in [7, 11) is 3.06. The summed E-state index contributed by atoms with van der Waals surface area (Å²) in [5, 5.41) is 11.9. The van der Waals surface area contributed by atoms with Crippen LogP contribution < -0.4 is 25.4 Å². The summed E-state index contributed by atoms with van der Waals surface area (Å²) in [6.45, 7) is 1.87. The molecule has 0 saturated carbocycles. The molecule has 10 heteroatoms. The van der Waals surface area contributed by atoms with Gasteiger partial charge in [0.1, 0.15) is 11.5 Å². The largest absolute Gasteiger partial charge is 0.495 e. The topological polar surface area (TPSA) is 71.6 Å². The predicted octanol–water partition coefficient (Wildman–Crippen LogP) is 6.44. The van der Waals surface area contributed by atoms with Crippen LogP contribution in [0, 0.1) is 6.92 Å². The first kappa shape index (κ1) is 23.1. The number of carbonyl (C=O) groups excluding carboxylic acids is 1. The van der Waals surface area contributed by atoms with Gasteiger partial charge in [-0.1, -0.05) is 29.3 Å². The molecule has 6 nitrogen and oxygen atoms in total. The molecule has 0 bridgehead atoms. The van der Waals surface area contributed by atoms with Crippen LogP contribution in [0.5, 0.6) is 11.5 Å². The molecule has 1 heterocycles. The van der Waals surface area contributed by atoms with E-state index < -0.39 is 0 Å². The zero-order valence-electron chi connectivity index (χ0n) is 16.8. The van der Waals surface area contributed by atoms with Gasteiger partial charge < -0.3 is 25.4 Å². The Hall–Kier alpha value is -2.52. The van der Waals surface area contributed by atoms with Gasteiger partial charge in [-0.3, -0.25) is 4.79 Å². The number of ether oxygens (including phenoxy) is 2. The van der Waals surface area contributed by atoms with Crippen molar-refractivity contribution in [1.29, 1.82) is 0 Å². The van der Waals surface area contributed by atoms with Crippen LogP contribution in [0.25, 0.3) is 0 Å². The summed E-state index contributed by atoms with van der Waals surface area (Å²) in [6.07, 6.45) is 0. The third-order valence-corrected chi connectivity index (χ3v) is 5.96. The van der Waals surface area contributed by atoms with Crippen LogP contribution in [-0.2, 0) is 0 Å². The molecule has 0 aliphatic carbocycles. The van der Waals surface area contributed by atoms with E-state index in [4.69, 9.17) is 44.9 Å². The third-order valence-electron chi connectivity index (χ3n) is 4.28. The molecule has 3 aromatic rings. The van der Waals surface area contributed by atoms with Crippen LogP contribution in [0.2, 0.25) is 10.0 Å². The fourth-order valence-electron chi connectivity index (χ4n) is 2.74. The standard InChI is InChI=1S/C21H19Cl2N3O3S2/c1-11-7-15(12(22)8-14(11)24-20(27)19-5-4-6-31-19)25-21(30)26-16-9-13(23)17(28-2)10-18(16)29-3/h4-10H,1-3H3,(H,24,27)(H2,25,26,30). The number of benzene rings is 2. The van der Waals surface area contributed by atoms with E-state index in [-0.39, 0.29) is 11.0 Å². The van der Waals surface area contributed by atoms with Gasteiger partial charge in [-0.05, 0) is 54.4 Å². The van der Waals surface area contributed by atoms with Crippen molar-refractivity contribution in [3.63, 3.8) is 0 Å². The van der Waals surface area contributed by atoms with Gasteiger partial charge in [0.25, 0.3) is 5.91 Å². The maximum Gasteiger partial charge on any atom is 0.265 e. The van der Waals surface area contributed by atoms with Crippen LogP contribution in [-0.4, -0.2) is 25.2 Å². The first-order chi connectivity index (χ1) is 14.8. The van der Waals surface area contributed by atoms with Gasteiger partial charge in [-0.15, -0.1) is 11.3 Å². The maximum absolute atomic E-state index is 12.3. The molecule has 162 valence electrons. The summed E-state index contributed by atoms with van der Waals surface area (Å²) in [6, 6.07) is 10.4. The number of thiophene rings is 1. The number of methoxy groups -OCH3 is 2. The molecule has 3 N–H and O–H groups in total. The molecule has 0 spiro atoms. The number of carbonyl (C=O) groups is 1. The smallest absolute Gasteiger partial charge is 0.265 e. The van der Waals surface area contributed by atoms with Crippen molar-refractivity contribution >= 4 is 74.8 Å². The van der Waals surface area contributed by atoms with Gasteiger partial charge >= 0.3 is 0 Å². The molecule has 31 heavy (non-hydrogen) atoms. The Morgan fingerprint density at radius 3 is 2.26 bits per heavy atom. The fraction of sp³-hybridized carbons (Fsp3) is 0.143. The van der Waals surface area contributed by atoms with Crippen LogP contribution in [0.3, 0.4) is 0 Å². The van der Waals surface area contributed by atoms with Gasteiger partial charge in [0, 0.05) is 11.8 Å². The quantitative estimate of drug-likeness (QED) is 0.341. The molecule has 1 aromatic heterocycles. The molecule has 0 aliphatic heterocycles. The number of amides is 1. The van der Waals surface area contributed by atoms with E-state index in [2.05, 4.69) is 16.0 Å². The molecular weight excluding hydrogens is 477 g/mol. The van der Waals surface area contributed by atoms with E-state index >= 15 is 0 Å². The Morgan fingerprint density at radius 1 is 0.935 bits per heavy atom. The molecule has 2 aromatic carbocycles. The first-order valence-corrected chi connectivity index (χ1v) is 11.0. The van der Waals surface area contributed by atoms with E-state index in [1.807, 2.05) is 18.4 Å². The Labute approximate surface area is 199 Å². The fourth-order valence-corrected chi connectivity index (χ4v) is 4.03. The van der Waals surface area contributed by atoms with Crippen molar-refractivity contribution in [2.45, 2.75) is 6.92 Å². The summed E-state index contributed by atoms with van der Waals surface area (Å²) < 4.78 is 10.6. The molecule has 0 saturated heterocycles. The molecule has 1 amide bonds. The highest BCUT2D eigenvalue weighted by molar-refractivity contribution is 7.80. The minimum Gasteiger partial charge on any atom is -0.495 e. The summed E-state index contributed by atoms with van der Waals surface area (Å²) in [4.78, 5) is 12.9. The monoisotopic (exact) mass is 495 g/mol. The number of thiocarbonyl (C=S) groups is 1. The minimum absolute atomic E-state index is 0.185. The van der Waals surface area contributed by atoms with E-state index in [1.165, 1.54) is 25.6 Å². The third kappa shape index (κ3) is 5.59. The molecule has 0 unspecified atom stereocenters. The van der Waals surface area contributed by atoms with E-state index in [0.29, 0.717) is 43.5 Å². The SMILES string of the molecule is COc1cc(OC)c(NC(=S)Nc2cc(C)c(NC(=O)c3cccs3)cc2Cl)cc1Cl. The highest BCUT2D eigenvalue weighted by atomic mass is 35.5. The Balaban J connectivity index is 1.74. The average Bonchev–Trinajstić information content (AvgIpc) is 3.27. The van der Waals surface area contributed by atoms with Crippen molar-refractivity contribution in [1.82, 2.24) is 0 Å². The van der Waals surface area contributed by atoms with E-state index in [0.717, 1.165) is 5.56 Å². The molecule has 0 radical (unpaired) electrons. The van der Waals surface area contributed by atoms with Crippen LogP contribution >= 0.6 is 46.8 Å². The maximum atomic E-state index is 12.3. The molecule has 0 fully saturated rings. The van der Waals surface area contributed by atoms with Gasteiger partial charge in [0.15, 0.2) is 5.11 Å². The highest BCUT2D eigenvalue weighted by Crippen LogP contribution is 2.36. The lowest BCUT2D eigenvalue weighted by molar-refractivity contribution is 0.103. The Kier molecular flexibility index (Phi) is 7.61. The second-order valence-corrected chi connectivity index (χ2v) is 8.51. The van der Waals surface area contributed by atoms with Gasteiger partial charge in [0.2, 0.25) is 0 Å². The number of hydrogen-bond acceptors (Lipinski definition) is 5. The number of halogens is 2. The zero-order chi connectivity index (χ0) is 22.5. The van der Waals surface area contributed by atoms with Crippen molar-refractivity contribution in [2.24, 2.45) is 0 Å². The summed E-state index contributed by atoms with van der Waals surface area (Å²) in [5.74, 6) is 0.816. The zero-order valence-corrected chi connectivity index (χ0v) is 20.0. The lowest BCUT2D eigenvalue weighted by Crippen LogP contribution is -2.20. The number of aryl methyl sites for hydroxylation is 1. The van der Waals surface area contributed by atoms with Crippen LogP contribution in [0.15, 0.2) is 41.8 Å². The second kappa shape index (κ2) is 10.2. The lowest BCUT2D eigenvalue weighted by Gasteiger charge is -2.17. The number of anilines is 3. The minimum atomic E-state index is -0.185. The predicted molar refractivity (Wildman–Crippen MR) is 133 cm³/mol. The molecule has 0 atom stereocenters. The summed E-state index contributed by atoms with van der Waals surface area (Å²) in [5.41, 5.74) is 2.60.